The van der Waals surface area contributed by atoms with Crippen LogP contribution in [-0.4, -0.2) is 36.1 Å². The van der Waals surface area contributed by atoms with Gasteiger partial charge in [0.05, 0.1) is 6.07 Å². The predicted octanol–water partition coefficient (Wildman–Crippen LogP) is 2.15. The van der Waals surface area contributed by atoms with Crippen molar-refractivity contribution in [2.75, 3.05) is 14.1 Å². The molecule has 0 amide bonds. The third-order valence-electron chi connectivity index (χ3n) is 2.58. The quantitative estimate of drug-likeness (QED) is 0.398. The Morgan fingerprint density at radius 3 is 2.22 bits per heavy atom. The van der Waals surface area contributed by atoms with Crippen molar-refractivity contribution in [1.29, 1.82) is 0 Å². The molecule has 23 heavy (non-hydrogen) atoms. The minimum atomic E-state index is 0.348. The molecule has 0 aliphatic heterocycles. The highest BCUT2D eigenvalue weighted by atomic mass is 16.6. The molecule has 0 spiro atoms. The van der Waals surface area contributed by atoms with Gasteiger partial charge in [0, 0.05) is 51.0 Å². The maximum absolute atomic E-state index is 9.19. The molecule has 0 saturated carbocycles. The highest BCUT2D eigenvalue weighted by Crippen LogP contribution is 2.03. The summed E-state index contributed by atoms with van der Waals surface area (Å²) in [5, 5.41) is 9.19. The first-order chi connectivity index (χ1) is 11.1. The summed E-state index contributed by atoms with van der Waals surface area (Å²) in [5.74, 6) is 2.05. The molecule has 0 aliphatic rings. The van der Waals surface area contributed by atoms with Gasteiger partial charge in [-0.25, -0.2) is 4.98 Å². The van der Waals surface area contributed by atoms with Crippen LogP contribution in [0.2, 0.25) is 0 Å². The van der Waals surface area contributed by atoms with Gasteiger partial charge in [-0.3, -0.25) is 15.2 Å². The van der Waals surface area contributed by atoms with E-state index >= 15 is 0 Å². The number of nitrogens with zero attached hydrogens (tertiary/aromatic N) is 4. The van der Waals surface area contributed by atoms with Gasteiger partial charge < -0.3 is 9.47 Å². The number of ether oxygens (including phenoxy) is 2. The summed E-state index contributed by atoms with van der Waals surface area (Å²) in [6.07, 6.45) is 3.16. The molecular weight excluding hydrogens is 296 g/mol. The van der Waals surface area contributed by atoms with Gasteiger partial charge in [-0.15, -0.1) is 0 Å². The molecule has 122 valence electrons. The zero-order valence-electron chi connectivity index (χ0n) is 13.7. The van der Waals surface area contributed by atoms with Crippen LogP contribution in [0, 0.1) is 0 Å². The van der Waals surface area contributed by atoms with Crippen molar-refractivity contribution in [2.45, 2.75) is 13.8 Å². The van der Waals surface area contributed by atoms with E-state index in [1.165, 1.54) is 6.20 Å². The first kappa shape index (κ1) is 18.1. The standard InChI is InChI=1S/C8H11N2O2.C8H10N2O/c1-7(9-2)12-8-5-3-4-6-10(8)11;1-7(9-2)11-8-5-3-4-6-10-8/h3-6,11H,1-2H3;3-6H,1-2H3/q+1;. The van der Waals surface area contributed by atoms with Gasteiger partial charge in [0.1, 0.15) is 0 Å². The molecule has 7 nitrogen and oxygen atoms in total. The molecule has 7 heteroatoms. The maximum Gasteiger partial charge on any atom is 0.423 e. The number of hydrogen-bond acceptors (Lipinski definition) is 6. The Balaban J connectivity index is 0.000000231. The SMILES string of the molecule is CN=C(C)Oc1cccc[n+]1O.CN=C(C)Oc1ccccn1. The van der Waals surface area contributed by atoms with Crippen molar-refractivity contribution >= 4 is 11.8 Å². The fourth-order valence-corrected chi connectivity index (χ4v) is 1.30. The smallest absolute Gasteiger partial charge is 0.423 e. The molecule has 0 atom stereocenters. The Labute approximate surface area is 135 Å². The topological polar surface area (TPSA) is 80.2 Å². The molecular formula is C16H21N4O3+. The zero-order valence-corrected chi connectivity index (χ0v) is 13.7. The molecule has 1 N–H and O–H groups in total. The maximum atomic E-state index is 9.19. The summed E-state index contributed by atoms with van der Waals surface area (Å²) in [6, 6.07) is 10.6. The van der Waals surface area contributed by atoms with Crippen molar-refractivity contribution in [3.05, 3.63) is 48.8 Å². The van der Waals surface area contributed by atoms with E-state index in [2.05, 4.69) is 15.0 Å². The van der Waals surface area contributed by atoms with Crippen LogP contribution in [0.1, 0.15) is 13.8 Å². The molecule has 0 aromatic carbocycles. The van der Waals surface area contributed by atoms with Crippen LogP contribution in [0.4, 0.5) is 0 Å². The van der Waals surface area contributed by atoms with Crippen LogP contribution in [0.3, 0.4) is 0 Å². The summed E-state index contributed by atoms with van der Waals surface area (Å²) < 4.78 is 11.3. The average Bonchev–Trinajstić information content (AvgIpc) is 2.58. The molecule has 0 saturated heterocycles. The van der Waals surface area contributed by atoms with Gasteiger partial charge in [-0.05, 0) is 12.1 Å². The van der Waals surface area contributed by atoms with Gasteiger partial charge in [0.15, 0.2) is 11.8 Å². The lowest BCUT2D eigenvalue weighted by molar-refractivity contribution is -0.905. The number of aromatic nitrogens is 2. The number of rotatable bonds is 2. The van der Waals surface area contributed by atoms with Crippen LogP contribution in [0.5, 0.6) is 11.8 Å². The molecule has 0 radical (unpaired) electrons. The molecule has 0 unspecified atom stereocenters. The van der Waals surface area contributed by atoms with E-state index in [1.54, 1.807) is 58.4 Å². The van der Waals surface area contributed by atoms with E-state index in [-0.39, 0.29) is 0 Å². The van der Waals surface area contributed by atoms with Gasteiger partial charge in [-0.1, -0.05) is 6.07 Å². The van der Waals surface area contributed by atoms with E-state index in [0.29, 0.717) is 23.6 Å². The lowest BCUT2D eigenvalue weighted by atomic mass is 10.5. The summed E-state index contributed by atoms with van der Waals surface area (Å²) in [6.45, 7) is 3.50. The minimum absolute atomic E-state index is 0.348. The zero-order chi connectivity index (χ0) is 17.1. The van der Waals surface area contributed by atoms with Crippen molar-refractivity contribution in [3.8, 4) is 11.8 Å². The second kappa shape index (κ2) is 9.88. The van der Waals surface area contributed by atoms with E-state index in [4.69, 9.17) is 9.47 Å². The first-order valence-electron chi connectivity index (χ1n) is 6.90. The normalized spacial score (nSPS) is 11.3. The van der Waals surface area contributed by atoms with Gasteiger partial charge in [0.25, 0.3) is 0 Å². The highest BCUT2D eigenvalue weighted by Gasteiger charge is 2.09. The van der Waals surface area contributed by atoms with E-state index in [9.17, 15) is 5.21 Å². The predicted molar refractivity (Wildman–Crippen MR) is 87.4 cm³/mol. The number of pyridine rings is 2. The summed E-state index contributed by atoms with van der Waals surface area (Å²) >= 11 is 0. The highest BCUT2D eigenvalue weighted by molar-refractivity contribution is 5.75. The van der Waals surface area contributed by atoms with E-state index in [1.807, 2.05) is 12.1 Å². The first-order valence-corrected chi connectivity index (χ1v) is 6.90. The Morgan fingerprint density at radius 1 is 1.00 bits per heavy atom. The van der Waals surface area contributed by atoms with Crippen LogP contribution >= 0.6 is 0 Å². The number of aliphatic imine (C=N–C) groups is 2. The third kappa shape index (κ3) is 7.03. The minimum Gasteiger partial charge on any atom is -0.425 e. The number of hydrogen-bond donors (Lipinski definition) is 1. The summed E-state index contributed by atoms with van der Waals surface area (Å²) in [5.41, 5.74) is 0. The lowest BCUT2D eigenvalue weighted by Gasteiger charge is -2.00. The van der Waals surface area contributed by atoms with Crippen molar-refractivity contribution in [1.82, 2.24) is 4.98 Å². The second-order valence-corrected chi connectivity index (χ2v) is 4.24. The third-order valence-corrected chi connectivity index (χ3v) is 2.58. The summed E-state index contributed by atoms with van der Waals surface area (Å²) in [4.78, 5) is 11.6. The van der Waals surface area contributed by atoms with Crippen LogP contribution in [-0.2, 0) is 0 Å². The average molecular weight is 317 g/mol. The molecule has 2 rings (SSSR count). The fraction of sp³-hybridized carbons (Fsp3) is 0.250. The Kier molecular flexibility index (Phi) is 7.77. The van der Waals surface area contributed by atoms with Crippen LogP contribution < -0.4 is 14.2 Å². The monoisotopic (exact) mass is 317 g/mol. The fourth-order valence-electron chi connectivity index (χ4n) is 1.30. The van der Waals surface area contributed by atoms with Gasteiger partial charge in [-0.2, -0.15) is 0 Å². The summed E-state index contributed by atoms with van der Waals surface area (Å²) in [7, 11) is 3.30. The van der Waals surface area contributed by atoms with Crippen molar-refractivity contribution in [3.63, 3.8) is 0 Å². The largest absolute Gasteiger partial charge is 0.425 e. The Hall–Kier alpha value is -2.96. The Morgan fingerprint density at radius 2 is 1.65 bits per heavy atom. The second-order valence-electron chi connectivity index (χ2n) is 4.24. The molecule has 2 aromatic rings. The van der Waals surface area contributed by atoms with Gasteiger partial charge in [0.2, 0.25) is 12.1 Å². The van der Waals surface area contributed by atoms with E-state index < -0.39 is 0 Å². The van der Waals surface area contributed by atoms with Crippen molar-refractivity contribution < 1.29 is 19.4 Å². The molecule has 2 aromatic heterocycles. The van der Waals surface area contributed by atoms with Crippen molar-refractivity contribution in [2.24, 2.45) is 9.98 Å². The molecule has 0 fully saturated rings. The van der Waals surface area contributed by atoms with E-state index in [0.717, 1.165) is 4.73 Å². The molecule has 0 bridgehead atoms. The lowest BCUT2D eigenvalue weighted by Crippen LogP contribution is -2.32. The Bertz CT molecular complexity index is 657. The molecule has 2 heterocycles. The van der Waals surface area contributed by atoms with Crippen LogP contribution in [0.15, 0.2) is 58.8 Å². The van der Waals surface area contributed by atoms with Crippen LogP contribution in [0.25, 0.3) is 0 Å². The molecule has 0 aliphatic carbocycles. The van der Waals surface area contributed by atoms with Gasteiger partial charge >= 0.3 is 5.88 Å².